The Labute approximate surface area is 120 Å². The summed E-state index contributed by atoms with van der Waals surface area (Å²) in [6.45, 7) is 3.38. The fourth-order valence-electron chi connectivity index (χ4n) is 2.74. The zero-order valence-corrected chi connectivity index (χ0v) is 12.0. The lowest BCUT2D eigenvalue weighted by Gasteiger charge is -2.15. The summed E-state index contributed by atoms with van der Waals surface area (Å²) in [5.41, 5.74) is 6.85. The van der Waals surface area contributed by atoms with Crippen LogP contribution in [-0.4, -0.2) is 19.0 Å². The van der Waals surface area contributed by atoms with E-state index in [0.29, 0.717) is 18.0 Å². The number of hydrogen-bond acceptors (Lipinski definition) is 2. The summed E-state index contributed by atoms with van der Waals surface area (Å²) in [5.74, 6) is 7.08. The molecule has 1 aliphatic rings. The molecule has 20 heavy (non-hydrogen) atoms. The summed E-state index contributed by atoms with van der Waals surface area (Å²) in [4.78, 5) is 12.2. The Bertz CT molecular complexity index is 527. The number of carbonyl (C=O) groups excluding carboxylic acids is 1. The summed E-state index contributed by atoms with van der Waals surface area (Å²) in [5, 5.41) is 3.04. The molecular weight excluding hydrogens is 248 g/mol. The van der Waals surface area contributed by atoms with E-state index in [-0.39, 0.29) is 5.91 Å². The van der Waals surface area contributed by atoms with Crippen LogP contribution >= 0.6 is 0 Å². The van der Waals surface area contributed by atoms with E-state index in [1.165, 1.54) is 19.3 Å². The molecule has 1 aliphatic carbocycles. The molecule has 3 heteroatoms. The van der Waals surface area contributed by atoms with E-state index < -0.39 is 0 Å². The lowest BCUT2D eigenvalue weighted by molar-refractivity contribution is 0.0944. The molecule has 1 fully saturated rings. The third-order valence-electron chi connectivity index (χ3n) is 4.02. The molecule has 0 saturated heterocycles. The van der Waals surface area contributed by atoms with Gasteiger partial charge in [-0.1, -0.05) is 37.7 Å². The Hall–Kier alpha value is -1.79. The van der Waals surface area contributed by atoms with E-state index in [1.54, 1.807) is 0 Å². The maximum atomic E-state index is 12.2. The van der Waals surface area contributed by atoms with Crippen LogP contribution < -0.4 is 11.1 Å². The maximum Gasteiger partial charge on any atom is 0.251 e. The minimum absolute atomic E-state index is 0.0134. The highest BCUT2D eigenvalue weighted by atomic mass is 16.1. The third kappa shape index (κ3) is 3.85. The number of hydrogen-bond donors (Lipinski definition) is 2. The van der Waals surface area contributed by atoms with Crippen LogP contribution in [0.25, 0.3) is 0 Å². The first-order valence-electron chi connectivity index (χ1n) is 7.28. The highest BCUT2D eigenvalue weighted by Crippen LogP contribution is 2.30. The number of nitrogens with one attached hydrogen (secondary N) is 1. The molecule has 0 spiro atoms. The Kier molecular flexibility index (Phi) is 5.20. The first-order chi connectivity index (χ1) is 9.70. The van der Waals surface area contributed by atoms with Gasteiger partial charge in [0.2, 0.25) is 0 Å². The summed E-state index contributed by atoms with van der Waals surface area (Å²) in [6.07, 6.45) is 3.79. The number of amides is 1. The molecule has 0 aromatic heterocycles. The smallest absolute Gasteiger partial charge is 0.251 e. The molecule has 106 valence electrons. The van der Waals surface area contributed by atoms with E-state index in [4.69, 9.17) is 5.73 Å². The SMILES string of the molecule is CC1CCCC1CNC(=O)c1cccc(C#CCN)c1. The van der Waals surface area contributed by atoms with Gasteiger partial charge >= 0.3 is 0 Å². The van der Waals surface area contributed by atoms with Gasteiger partial charge in [0.15, 0.2) is 0 Å². The highest BCUT2D eigenvalue weighted by molar-refractivity contribution is 5.94. The Morgan fingerprint density at radius 2 is 2.30 bits per heavy atom. The first-order valence-corrected chi connectivity index (χ1v) is 7.28. The molecule has 3 N–H and O–H groups in total. The van der Waals surface area contributed by atoms with Gasteiger partial charge in [-0.2, -0.15) is 0 Å². The highest BCUT2D eigenvalue weighted by Gasteiger charge is 2.23. The van der Waals surface area contributed by atoms with Crippen LogP contribution in [0.2, 0.25) is 0 Å². The zero-order valence-electron chi connectivity index (χ0n) is 12.0. The van der Waals surface area contributed by atoms with E-state index >= 15 is 0 Å². The van der Waals surface area contributed by atoms with Crippen LogP contribution in [0.15, 0.2) is 24.3 Å². The van der Waals surface area contributed by atoms with Crippen molar-refractivity contribution in [2.45, 2.75) is 26.2 Å². The van der Waals surface area contributed by atoms with Gasteiger partial charge in [0.25, 0.3) is 5.91 Å². The van der Waals surface area contributed by atoms with Gasteiger partial charge in [0.1, 0.15) is 0 Å². The van der Waals surface area contributed by atoms with Gasteiger partial charge in [-0.3, -0.25) is 4.79 Å². The van der Waals surface area contributed by atoms with E-state index in [2.05, 4.69) is 24.1 Å². The Morgan fingerprint density at radius 1 is 1.45 bits per heavy atom. The molecule has 1 amide bonds. The van der Waals surface area contributed by atoms with E-state index in [0.717, 1.165) is 18.0 Å². The predicted octanol–water partition coefficient (Wildman–Crippen LogP) is 2.16. The summed E-state index contributed by atoms with van der Waals surface area (Å²) < 4.78 is 0. The fraction of sp³-hybridized carbons (Fsp3) is 0.471. The van der Waals surface area contributed by atoms with Gasteiger partial charge < -0.3 is 11.1 Å². The van der Waals surface area contributed by atoms with Crippen molar-refractivity contribution in [2.24, 2.45) is 17.6 Å². The van der Waals surface area contributed by atoms with Crippen molar-refractivity contribution in [3.63, 3.8) is 0 Å². The summed E-state index contributed by atoms with van der Waals surface area (Å²) in [6, 6.07) is 7.38. The normalized spacial score (nSPS) is 21.1. The molecule has 2 atom stereocenters. The van der Waals surface area contributed by atoms with Crippen molar-refractivity contribution < 1.29 is 4.79 Å². The largest absolute Gasteiger partial charge is 0.352 e. The number of benzene rings is 1. The van der Waals surface area contributed by atoms with E-state index in [1.807, 2.05) is 24.3 Å². The summed E-state index contributed by atoms with van der Waals surface area (Å²) >= 11 is 0. The van der Waals surface area contributed by atoms with Crippen LogP contribution in [0.4, 0.5) is 0 Å². The quantitative estimate of drug-likeness (QED) is 0.827. The molecule has 0 heterocycles. The molecule has 0 aliphatic heterocycles. The molecule has 2 rings (SSSR count). The van der Waals surface area contributed by atoms with Crippen LogP contribution in [0, 0.1) is 23.7 Å². The molecular formula is C17H22N2O. The molecule has 2 unspecified atom stereocenters. The van der Waals surface area contributed by atoms with Crippen molar-refractivity contribution in [3.05, 3.63) is 35.4 Å². The number of carbonyl (C=O) groups is 1. The minimum atomic E-state index is -0.0134. The maximum absolute atomic E-state index is 12.2. The van der Waals surface area contributed by atoms with Crippen LogP contribution in [-0.2, 0) is 0 Å². The van der Waals surface area contributed by atoms with E-state index in [9.17, 15) is 4.79 Å². The lowest BCUT2D eigenvalue weighted by Crippen LogP contribution is -2.30. The van der Waals surface area contributed by atoms with Crippen LogP contribution in [0.3, 0.4) is 0 Å². The zero-order chi connectivity index (χ0) is 14.4. The fourth-order valence-corrected chi connectivity index (χ4v) is 2.74. The lowest BCUT2D eigenvalue weighted by atomic mass is 9.98. The standard InChI is InChI=1S/C17H22N2O/c1-13-5-2-9-16(13)12-19-17(20)15-8-3-6-14(11-15)7-4-10-18/h3,6,8,11,13,16H,2,5,9-10,12,18H2,1H3,(H,19,20). The third-order valence-corrected chi connectivity index (χ3v) is 4.02. The molecule has 3 nitrogen and oxygen atoms in total. The van der Waals surface area contributed by atoms with Crippen molar-refractivity contribution in [3.8, 4) is 11.8 Å². The van der Waals surface area contributed by atoms with Gasteiger partial charge in [-0.15, -0.1) is 0 Å². The second kappa shape index (κ2) is 7.12. The monoisotopic (exact) mass is 270 g/mol. The molecule has 0 radical (unpaired) electrons. The van der Waals surface area contributed by atoms with Crippen molar-refractivity contribution >= 4 is 5.91 Å². The average molecular weight is 270 g/mol. The molecule has 1 aromatic rings. The molecule has 1 saturated carbocycles. The van der Waals surface area contributed by atoms with Crippen molar-refractivity contribution in [1.82, 2.24) is 5.32 Å². The molecule has 0 bridgehead atoms. The first kappa shape index (κ1) is 14.6. The number of nitrogens with two attached hydrogens (primary N) is 1. The van der Waals surface area contributed by atoms with Crippen molar-refractivity contribution in [2.75, 3.05) is 13.1 Å². The van der Waals surface area contributed by atoms with Crippen LogP contribution in [0.1, 0.15) is 42.1 Å². The van der Waals surface area contributed by atoms with Gasteiger partial charge in [0.05, 0.1) is 6.54 Å². The molecule has 1 aromatic carbocycles. The Morgan fingerprint density at radius 3 is 3.00 bits per heavy atom. The summed E-state index contributed by atoms with van der Waals surface area (Å²) in [7, 11) is 0. The van der Waals surface area contributed by atoms with Gasteiger partial charge in [0, 0.05) is 17.7 Å². The van der Waals surface area contributed by atoms with Gasteiger partial charge in [-0.05, 0) is 36.5 Å². The predicted molar refractivity (Wildman–Crippen MR) is 81.2 cm³/mol. The second-order valence-electron chi connectivity index (χ2n) is 5.46. The Balaban J connectivity index is 1.95. The topological polar surface area (TPSA) is 55.1 Å². The minimum Gasteiger partial charge on any atom is -0.352 e. The number of rotatable bonds is 3. The van der Waals surface area contributed by atoms with Crippen molar-refractivity contribution in [1.29, 1.82) is 0 Å². The average Bonchev–Trinajstić information content (AvgIpc) is 2.88. The van der Waals surface area contributed by atoms with Gasteiger partial charge in [-0.25, -0.2) is 0 Å². The second-order valence-corrected chi connectivity index (χ2v) is 5.46. The van der Waals surface area contributed by atoms with Crippen LogP contribution in [0.5, 0.6) is 0 Å².